The molecule has 2 aromatic carbocycles. The summed E-state index contributed by atoms with van der Waals surface area (Å²) in [5, 5.41) is 4.97. The molecule has 0 aliphatic rings. The van der Waals surface area contributed by atoms with Crippen molar-refractivity contribution in [1.82, 2.24) is 15.3 Å². The van der Waals surface area contributed by atoms with Crippen LogP contribution in [0.2, 0.25) is 0 Å². The van der Waals surface area contributed by atoms with Gasteiger partial charge < -0.3 is 24.5 Å². The van der Waals surface area contributed by atoms with Gasteiger partial charge in [0.1, 0.15) is 10.6 Å². The predicted molar refractivity (Wildman–Crippen MR) is 140 cm³/mol. The van der Waals surface area contributed by atoms with E-state index in [2.05, 4.69) is 15.3 Å². The molecular formula is C27H27N3O6S. The third-order valence-electron chi connectivity index (χ3n) is 5.48. The average molecular weight is 522 g/mol. The fourth-order valence-electron chi connectivity index (χ4n) is 3.56. The largest absolute Gasteiger partial charge is 0.497 e. The van der Waals surface area contributed by atoms with Crippen molar-refractivity contribution in [2.24, 2.45) is 0 Å². The Morgan fingerprint density at radius 3 is 2.65 bits per heavy atom. The Morgan fingerprint density at radius 2 is 1.89 bits per heavy atom. The third-order valence-corrected chi connectivity index (χ3v) is 6.40. The van der Waals surface area contributed by atoms with Gasteiger partial charge in [-0.3, -0.25) is 9.59 Å². The molecule has 2 aromatic heterocycles. The molecule has 9 nitrogen and oxygen atoms in total. The van der Waals surface area contributed by atoms with Crippen LogP contribution in [0, 0.1) is 0 Å². The molecule has 37 heavy (non-hydrogen) atoms. The van der Waals surface area contributed by atoms with Gasteiger partial charge in [0, 0.05) is 12.1 Å². The van der Waals surface area contributed by atoms with Crippen LogP contribution >= 0.6 is 11.3 Å². The number of carbonyl (C=O) groups is 2. The number of methoxy groups -OCH3 is 1. The number of nitrogens with one attached hydrogen (secondary N) is 2. The van der Waals surface area contributed by atoms with E-state index in [9.17, 15) is 14.4 Å². The Morgan fingerprint density at radius 1 is 1.08 bits per heavy atom. The topological polar surface area (TPSA) is 120 Å². The number of aromatic amines is 1. The van der Waals surface area contributed by atoms with Crippen LogP contribution in [-0.4, -0.2) is 35.6 Å². The van der Waals surface area contributed by atoms with E-state index in [1.165, 1.54) is 11.3 Å². The predicted octanol–water partition coefficient (Wildman–Crippen LogP) is 4.21. The minimum absolute atomic E-state index is 0.0488. The lowest BCUT2D eigenvalue weighted by atomic mass is 10.1. The Kier molecular flexibility index (Phi) is 8.65. The average Bonchev–Trinajstić information content (AvgIpc) is 3.34. The van der Waals surface area contributed by atoms with Gasteiger partial charge in [0.25, 0.3) is 11.5 Å². The fraction of sp³-hybridized carbons (Fsp3) is 0.259. The molecule has 0 aliphatic heterocycles. The molecule has 2 heterocycles. The lowest BCUT2D eigenvalue weighted by Gasteiger charge is -2.07. The monoisotopic (exact) mass is 521 g/mol. The molecule has 0 radical (unpaired) electrons. The third kappa shape index (κ3) is 6.60. The van der Waals surface area contributed by atoms with Crippen LogP contribution in [0.3, 0.4) is 0 Å². The van der Waals surface area contributed by atoms with Gasteiger partial charge in [-0.05, 0) is 47.2 Å². The number of fused-ring (bicyclic) bond motifs is 1. The minimum Gasteiger partial charge on any atom is -0.497 e. The zero-order valence-corrected chi connectivity index (χ0v) is 21.4. The smallest absolute Gasteiger partial charge is 0.338 e. The number of rotatable bonds is 11. The number of aromatic nitrogens is 2. The summed E-state index contributed by atoms with van der Waals surface area (Å²) >= 11 is 1.28. The molecule has 4 aromatic rings. The molecule has 1 amide bonds. The highest BCUT2D eigenvalue weighted by atomic mass is 32.1. The van der Waals surface area contributed by atoms with Crippen LogP contribution in [0.15, 0.2) is 58.7 Å². The van der Waals surface area contributed by atoms with Crippen molar-refractivity contribution in [3.8, 4) is 5.75 Å². The van der Waals surface area contributed by atoms with Gasteiger partial charge >= 0.3 is 5.97 Å². The van der Waals surface area contributed by atoms with E-state index < -0.39 is 11.5 Å². The Hall–Kier alpha value is -4.02. The van der Waals surface area contributed by atoms with Gasteiger partial charge in [0.15, 0.2) is 0 Å². The van der Waals surface area contributed by atoms with E-state index in [1.54, 1.807) is 36.8 Å². The first-order valence-electron chi connectivity index (χ1n) is 11.7. The zero-order valence-electron chi connectivity index (χ0n) is 20.5. The van der Waals surface area contributed by atoms with E-state index in [-0.39, 0.29) is 24.9 Å². The molecule has 0 bridgehead atoms. The molecule has 4 rings (SSSR count). The summed E-state index contributed by atoms with van der Waals surface area (Å²) in [4.78, 5) is 44.7. The van der Waals surface area contributed by atoms with Gasteiger partial charge in [0.05, 0.1) is 37.9 Å². The number of benzene rings is 2. The summed E-state index contributed by atoms with van der Waals surface area (Å²) in [6, 6.07) is 14.3. The number of hydrogen-bond donors (Lipinski definition) is 2. The van der Waals surface area contributed by atoms with Gasteiger partial charge in [-0.2, -0.15) is 0 Å². The van der Waals surface area contributed by atoms with Crippen LogP contribution in [0.1, 0.15) is 51.0 Å². The number of nitrogens with zero attached hydrogens (tertiary/aromatic N) is 1. The van der Waals surface area contributed by atoms with Crippen molar-refractivity contribution in [3.63, 3.8) is 0 Å². The van der Waals surface area contributed by atoms with Gasteiger partial charge in [-0.25, -0.2) is 9.78 Å². The highest BCUT2D eigenvalue weighted by Gasteiger charge is 2.16. The van der Waals surface area contributed by atoms with E-state index in [0.29, 0.717) is 40.3 Å². The van der Waals surface area contributed by atoms with Crippen molar-refractivity contribution in [1.29, 1.82) is 0 Å². The van der Waals surface area contributed by atoms with Crippen LogP contribution in [0.25, 0.3) is 10.2 Å². The highest BCUT2D eigenvalue weighted by Crippen LogP contribution is 2.22. The maximum Gasteiger partial charge on any atom is 0.338 e. The van der Waals surface area contributed by atoms with Crippen molar-refractivity contribution in [2.75, 3.05) is 13.7 Å². The quantitative estimate of drug-likeness (QED) is 0.284. The summed E-state index contributed by atoms with van der Waals surface area (Å²) in [6.07, 6.45) is 0.770. The van der Waals surface area contributed by atoms with Crippen molar-refractivity contribution < 1.29 is 23.8 Å². The fourth-order valence-corrected chi connectivity index (χ4v) is 4.49. The first kappa shape index (κ1) is 26.1. The number of esters is 1. The van der Waals surface area contributed by atoms with E-state index in [0.717, 1.165) is 17.5 Å². The number of hydrogen-bond acceptors (Lipinski definition) is 8. The number of H-pyrrole nitrogens is 1. The van der Waals surface area contributed by atoms with Crippen molar-refractivity contribution in [3.05, 3.63) is 92.3 Å². The molecule has 192 valence electrons. The standard InChI is InChI=1S/C27H27N3O6S/c1-3-11-36-27(33)19-9-7-17(8-10-19)14-35-15-20-16-37-26-22(20)24(31)29-23(30-26)25(32)28-13-18-5-4-6-21(12-18)34-2/h4-10,12,16H,3,11,13-15H2,1-2H3,(H,28,32)(H,29,30,31). The van der Waals surface area contributed by atoms with E-state index in [4.69, 9.17) is 14.2 Å². The summed E-state index contributed by atoms with van der Waals surface area (Å²) in [5.74, 6) is -0.182. The zero-order chi connectivity index (χ0) is 26.2. The summed E-state index contributed by atoms with van der Waals surface area (Å²) in [5.41, 5.74) is 2.52. The molecule has 0 saturated carbocycles. The maximum atomic E-state index is 12.8. The SMILES string of the molecule is CCCOC(=O)c1ccc(COCc2csc3nc(C(=O)NCc4cccc(OC)c4)[nH]c(=O)c23)cc1. The molecule has 0 aliphatic carbocycles. The summed E-state index contributed by atoms with van der Waals surface area (Å²) < 4.78 is 16.1. The van der Waals surface area contributed by atoms with Gasteiger partial charge in [0.2, 0.25) is 5.82 Å². The van der Waals surface area contributed by atoms with Crippen LogP contribution in [-0.2, 0) is 29.2 Å². The molecule has 0 spiro atoms. The number of carbonyl (C=O) groups excluding carboxylic acids is 2. The van der Waals surface area contributed by atoms with Crippen LogP contribution in [0.4, 0.5) is 0 Å². The lowest BCUT2D eigenvalue weighted by Crippen LogP contribution is -2.27. The molecular weight excluding hydrogens is 494 g/mol. The van der Waals surface area contributed by atoms with Crippen molar-refractivity contribution in [2.45, 2.75) is 33.1 Å². The minimum atomic E-state index is -0.477. The molecule has 10 heteroatoms. The second-order valence-corrected chi connectivity index (χ2v) is 9.07. The summed E-state index contributed by atoms with van der Waals surface area (Å²) in [7, 11) is 1.58. The Labute approximate surface area is 217 Å². The summed E-state index contributed by atoms with van der Waals surface area (Å²) in [6.45, 7) is 3.10. The molecule has 0 unspecified atom stereocenters. The second kappa shape index (κ2) is 12.3. The van der Waals surface area contributed by atoms with E-state index >= 15 is 0 Å². The number of amides is 1. The number of thiophene rings is 1. The first-order valence-corrected chi connectivity index (χ1v) is 12.6. The first-order chi connectivity index (χ1) is 18.0. The van der Waals surface area contributed by atoms with Gasteiger partial charge in [-0.15, -0.1) is 11.3 Å². The van der Waals surface area contributed by atoms with Crippen LogP contribution < -0.4 is 15.6 Å². The van der Waals surface area contributed by atoms with Crippen molar-refractivity contribution >= 4 is 33.4 Å². The van der Waals surface area contributed by atoms with Crippen LogP contribution in [0.5, 0.6) is 5.75 Å². The Balaban J connectivity index is 1.36. The second-order valence-electron chi connectivity index (χ2n) is 8.22. The Bertz CT molecular complexity index is 1440. The van der Waals surface area contributed by atoms with Gasteiger partial charge in [-0.1, -0.05) is 31.2 Å². The lowest BCUT2D eigenvalue weighted by molar-refractivity contribution is 0.0504. The normalized spacial score (nSPS) is 10.9. The highest BCUT2D eigenvalue weighted by molar-refractivity contribution is 7.16. The molecule has 0 atom stereocenters. The molecule has 0 fully saturated rings. The number of ether oxygens (including phenoxy) is 3. The van der Waals surface area contributed by atoms with E-state index in [1.807, 2.05) is 31.2 Å². The maximum absolute atomic E-state index is 12.8. The molecule has 2 N–H and O–H groups in total. The molecule has 0 saturated heterocycles.